The van der Waals surface area contributed by atoms with Gasteiger partial charge in [0, 0.05) is 26.2 Å². The van der Waals surface area contributed by atoms with Crippen LogP contribution in [0.1, 0.15) is 11.1 Å². The quantitative estimate of drug-likeness (QED) is 0.603. The SMILES string of the molecule is CN1CCN(C(N)=NC(N)=NCc2cccc(C(F)(F)F)c2)CC1.Cl. The summed E-state index contributed by atoms with van der Waals surface area (Å²) in [4.78, 5) is 12.1. The van der Waals surface area contributed by atoms with E-state index in [1.54, 1.807) is 6.07 Å². The number of rotatable bonds is 2. The zero-order valence-electron chi connectivity index (χ0n) is 13.8. The zero-order chi connectivity index (χ0) is 17.7. The van der Waals surface area contributed by atoms with Crippen molar-refractivity contribution in [1.82, 2.24) is 9.80 Å². The van der Waals surface area contributed by atoms with Gasteiger partial charge in [0.1, 0.15) is 0 Å². The summed E-state index contributed by atoms with van der Waals surface area (Å²) in [6.07, 6.45) is -4.38. The molecular formula is C15H22ClF3N6. The summed E-state index contributed by atoms with van der Waals surface area (Å²) in [6.45, 7) is 3.24. The zero-order valence-corrected chi connectivity index (χ0v) is 14.6. The third kappa shape index (κ3) is 6.43. The minimum Gasteiger partial charge on any atom is -0.369 e. The number of benzene rings is 1. The highest BCUT2D eigenvalue weighted by Crippen LogP contribution is 2.29. The van der Waals surface area contributed by atoms with E-state index in [0.717, 1.165) is 38.3 Å². The van der Waals surface area contributed by atoms with Crippen molar-refractivity contribution >= 4 is 24.3 Å². The van der Waals surface area contributed by atoms with Gasteiger partial charge in [0.15, 0.2) is 5.96 Å². The molecule has 0 aliphatic carbocycles. The number of likely N-dealkylation sites (N-methyl/N-ethyl adjacent to an activating group) is 1. The lowest BCUT2D eigenvalue weighted by Gasteiger charge is -2.32. The Bertz CT molecular complexity index is 624. The molecule has 140 valence electrons. The lowest BCUT2D eigenvalue weighted by Crippen LogP contribution is -2.50. The van der Waals surface area contributed by atoms with Gasteiger partial charge in [-0.25, -0.2) is 4.99 Å². The van der Waals surface area contributed by atoms with Gasteiger partial charge in [0.05, 0.1) is 12.1 Å². The number of guanidine groups is 2. The molecule has 0 unspecified atom stereocenters. The molecule has 0 amide bonds. The first-order valence-corrected chi connectivity index (χ1v) is 7.49. The maximum atomic E-state index is 12.7. The van der Waals surface area contributed by atoms with E-state index in [2.05, 4.69) is 14.9 Å². The average molecular weight is 379 g/mol. The Morgan fingerprint density at radius 1 is 1.16 bits per heavy atom. The fourth-order valence-electron chi connectivity index (χ4n) is 2.28. The molecule has 1 aliphatic heterocycles. The second-order valence-corrected chi connectivity index (χ2v) is 5.63. The molecule has 10 heteroatoms. The van der Waals surface area contributed by atoms with Gasteiger partial charge in [-0.2, -0.15) is 18.2 Å². The van der Waals surface area contributed by atoms with E-state index in [-0.39, 0.29) is 30.9 Å². The molecule has 1 saturated heterocycles. The second-order valence-electron chi connectivity index (χ2n) is 5.63. The van der Waals surface area contributed by atoms with E-state index in [1.807, 2.05) is 11.9 Å². The van der Waals surface area contributed by atoms with Gasteiger partial charge < -0.3 is 21.3 Å². The Morgan fingerprint density at radius 3 is 2.40 bits per heavy atom. The number of hydrogen-bond donors (Lipinski definition) is 2. The van der Waals surface area contributed by atoms with Crippen LogP contribution in [0.25, 0.3) is 0 Å². The van der Waals surface area contributed by atoms with Crippen LogP contribution in [0.5, 0.6) is 0 Å². The molecule has 0 radical (unpaired) electrons. The van der Waals surface area contributed by atoms with Gasteiger partial charge in [-0.1, -0.05) is 12.1 Å². The second kappa shape index (κ2) is 8.91. The van der Waals surface area contributed by atoms with Crippen molar-refractivity contribution in [2.24, 2.45) is 21.5 Å². The molecule has 1 aromatic rings. The standard InChI is InChI=1S/C15H21F3N6.ClH/c1-23-5-7-24(8-6-23)14(20)22-13(19)21-10-11-3-2-4-12(9-11)15(16,17)18;/h2-4,9H,5-8,10H2,1H3,(H4,19,20,21,22);1H. The van der Waals surface area contributed by atoms with Crippen molar-refractivity contribution in [3.8, 4) is 0 Å². The van der Waals surface area contributed by atoms with Crippen LogP contribution in [0.4, 0.5) is 13.2 Å². The van der Waals surface area contributed by atoms with E-state index < -0.39 is 11.7 Å². The largest absolute Gasteiger partial charge is 0.416 e. The monoisotopic (exact) mass is 378 g/mol. The molecule has 0 atom stereocenters. The molecule has 0 aromatic heterocycles. The molecule has 0 bridgehead atoms. The molecule has 25 heavy (non-hydrogen) atoms. The molecule has 2 rings (SSSR count). The van der Waals surface area contributed by atoms with Gasteiger partial charge in [0.2, 0.25) is 5.96 Å². The molecule has 1 heterocycles. The van der Waals surface area contributed by atoms with Crippen LogP contribution in [-0.2, 0) is 12.7 Å². The van der Waals surface area contributed by atoms with Crippen molar-refractivity contribution in [2.75, 3.05) is 33.2 Å². The molecule has 1 aliphatic rings. The van der Waals surface area contributed by atoms with Crippen LogP contribution >= 0.6 is 12.4 Å². The van der Waals surface area contributed by atoms with Crippen molar-refractivity contribution in [3.63, 3.8) is 0 Å². The smallest absolute Gasteiger partial charge is 0.369 e. The Balaban J connectivity index is 0.00000312. The minimum absolute atomic E-state index is 0. The lowest BCUT2D eigenvalue weighted by atomic mass is 10.1. The number of aliphatic imine (C=N–C) groups is 2. The summed E-state index contributed by atoms with van der Waals surface area (Å²) < 4.78 is 38.0. The predicted molar refractivity (Wildman–Crippen MR) is 94.7 cm³/mol. The molecule has 1 aromatic carbocycles. The van der Waals surface area contributed by atoms with E-state index in [9.17, 15) is 13.2 Å². The maximum absolute atomic E-state index is 12.7. The summed E-state index contributed by atoms with van der Waals surface area (Å²) in [5.41, 5.74) is 11.3. The minimum atomic E-state index is -4.38. The first kappa shape index (κ1) is 21.0. The molecule has 0 spiro atoms. The first-order valence-electron chi connectivity index (χ1n) is 7.49. The van der Waals surface area contributed by atoms with Gasteiger partial charge >= 0.3 is 6.18 Å². The number of hydrogen-bond acceptors (Lipinski definition) is 2. The fourth-order valence-corrected chi connectivity index (χ4v) is 2.28. The maximum Gasteiger partial charge on any atom is 0.416 e. The van der Waals surface area contributed by atoms with Gasteiger partial charge in [-0.15, -0.1) is 12.4 Å². The van der Waals surface area contributed by atoms with Crippen LogP contribution in [0.15, 0.2) is 34.3 Å². The fraction of sp³-hybridized carbons (Fsp3) is 0.467. The lowest BCUT2D eigenvalue weighted by molar-refractivity contribution is -0.137. The Kier molecular flexibility index (Phi) is 7.50. The van der Waals surface area contributed by atoms with Crippen LogP contribution < -0.4 is 11.5 Å². The van der Waals surface area contributed by atoms with Crippen LogP contribution in [0.3, 0.4) is 0 Å². The van der Waals surface area contributed by atoms with E-state index in [0.29, 0.717) is 5.56 Å². The van der Waals surface area contributed by atoms with E-state index in [4.69, 9.17) is 11.5 Å². The summed E-state index contributed by atoms with van der Waals surface area (Å²) in [7, 11) is 2.02. The topological polar surface area (TPSA) is 83.2 Å². The van der Waals surface area contributed by atoms with Crippen LogP contribution in [0.2, 0.25) is 0 Å². The highest BCUT2D eigenvalue weighted by atomic mass is 35.5. The van der Waals surface area contributed by atoms with Crippen LogP contribution in [0, 0.1) is 0 Å². The normalized spacial score (nSPS) is 17.4. The third-order valence-electron chi connectivity index (χ3n) is 3.73. The predicted octanol–water partition coefficient (Wildman–Crippen LogP) is 1.50. The van der Waals surface area contributed by atoms with Crippen molar-refractivity contribution < 1.29 is 13.2 Å². The van der Waals surface area contributed by atoms with Crippen molar-refractivity contribution in [2.45, 2.75) is 12.7 Å². The Morgan fingerprint density at radius 2 is 1.80 bits per heavy atom. The number of alkyl halides is 3. The summed E-state index contributed by atoms with van der Waals surface area (Å²) >= 11 is 0. The molecular weight excluding hydrogens is 357 g/mol. The van der Waals surface area contributed by atoms with Crippen LogP contribution in [-0.4, -0.2) is 54.9 Å². The molecule has 0 saturated carbocycles. The van der Waals surface area contributed by atoms with Gasteiger partial charge in [-0.05, 0) is 24.7 Å². The molecule has 6 nitrogen and oxygen atoms in total. The summed E-state index contributed by atoms with van der Waals surface area (Å²) in [5.74, 6) is 0.220. The Hall–Kier alpha value is -2.00. The van der Waals surface area contributed by atoms with Gasteiger partial charge in [-0.3, -0.25) is 0 Å². The number of nitrogens with two attached hydrogens (primary N) is 2. The summed E-state index contributed by atoms with van der Waals surface area (Å²) in [5, 5.41) is 0. The third-order valence-corrected chi connectivity index (χ3v) is 3.73. The average Bonchev–Trinajstić information content (AvgIpc) is 2.53. The molecule has 1 fully saturated rings. The number of piperazine rings is 1. The van der Waals surface area contributed by atoms with E-state index >= 15 is 0 Å². The Labute approximate surface area is 150 Å². The molecule has 4 N–H and O–H groups in total. The van der Waals surface area contributed by atoms with Crippen molar-refractivity contribution in [3.05, 3.63) is 35.4 Å². The highest BCUT2D eigenvalue weighted by molar-refractivity contribution is 5.93. The van der Waals surface area contributed by atoms with Gasteiger partial charge in [0.25, 0.3) is 0 Å². The highest BCUT2D eigenvalue weighted by Gasteiger charge is 2.30. The number of nitrogens with zero attached hydrogens (tertiary/aromatic N) is 4. The summed E-state index contributed by atoms with van der Waals surface area (Å²) in [6, 6.07) is 4.95. The van der Waals surface area contributed by atoms with Crippen molar-refractivity contribution in [1.29, 1.82) is 0 Å². The number of halogens is 4. The first-order chi connectivity index (χ1) is 11.3. The van der Waals surface area contributed by atoms with E-state index in [1.165, 1.54) is 6.07 Å².